The lowest BCUT2D eigenvalue weighted by atomic mass is 10.1. The quantitative estimate of drug-likeness (QED) is 0.758. The molecule has 1 aliphatic carbocycles. The molecule has 2 aliphatic rings. The van der Waals surface area contributed by atoms with Crippen molar-refractivity contribution in [1.82, 2.24) is 10.2 Å². The molecule has 5 nitrogen and oxygen atoms in total. The highest BCUT2D eigenvalue weighted by Gasteiger charge is 2.25. The highest BCUT2D eigenvalue weighted by Crippen LogP contribution is 2.24. The van der Waals surface area contributed by atoms with Crippen LogP contribution in [0, 0.1) is 5.92 Å². The maximum atomic E-state index is 12.0. The van der Waals surface area contributed by atoms with Gasteiger partial charge < -0.3 is 20.1 Å². The van der Waals surface area contributed by atoms with Crippen LogP contribution in [0.1, 0.15) is 32.6 Å². The summed E-state index contributed by atoms with van der Waals surface area (Å²) in [6.07, 6.45) is 3.51. The minimum Gasteiger partial charge on any atom is -0.393 e. The third-order valence-corrected chi connectivity index (χ3v) is 4.19. The van der Waals surface area contributed by atoms with Crippen molar-refractivity contribution in [3.05, 3.63) is 0 Å². The Hall–Kier alpha value is -0.650. The van der Waals surface area contributed by atoms with Crippen LogP contribution in [0.25, 0.3) is 0 Å². The predicted octanol–water partition coefficient (Wildman–Crippen LogP) is 0.374. The monoisotopic (exact) mass is 270 g/mol. The first-order valence-corrected chi connectivity index (χ1v) is 7.44. The maximum absolute atomic E-state index is 12.0. The zero-order valence-electron chi connectivity index (χ0n) is 11.8. The van der Waals surface area contributed by atoms with Crippen LogP contribution >= 0.6 is 0 Å². The summed E-state index contributed by atoms with van der Waals surface area (Å²) in [6.45, 7) is 5.60. The van der Waals surface area contributed by atoms with Gasteiger partial charge in [-0.05, 0) is 25.7 Å². The maximum Gasteiger partial charge on any atom is 0.224 e. The lowest BCUT2D eigenvalue weighted by molar-refractivity contribution is -0.135. The van der Waals surface area contributed by atoms with E-state index in [1.807, 2.05) is 11.8 Å². The smallest absolute Gasteiger partial charge is 0.224 e. The topological polar surface area (TPSA) is 61.8 Å². The molecule has 2 N–H and O–H groups in total. The largest absolute Gasteiger partial charge is 0.393 e. The number of rotatable bonds is 5. The van der Waals surface area contributed by atoms with E-state index in [0.29, 0.717) is 38.6 Å². The van der Waals surface area contributed by atoms with E-state index in [-0.39, 0.29) is 18.1 Å². The van der Waals surface area contributed by atoms with Gasteiger partial charge in [-0.2, -0.15) is 0 Å². The van der Waals surface area contributed by atoms with E-state index < -0.39 is 0 Å². The zero-order valence-corrected chi connectivity index (χ0v) is 11.8. The van der Waals surface area contributed by atoms with E-state index in [9.17, 15) is 9.90 Å². The highest BCUT2D eigenvalue weighted by atomic mass is 16.5. The van der Waals surface area contributed by atoms with E-state index in [4.69, 9.17) is 4.74 Å². The summed E-state index contributed by atoms with van der Waals surface area (Å²) >= 11 is 0. The summed E-state index contributed by atoms with van der Waals surface area (Å²) in [5.41, 5.74) is 0. The first-order valence-electron chi connectivity index (χ1n) is 7.44. The van der Waals surface area contributed by atoms with Gasteiger partial charge in [0.25, 0.3) is 0 Å². The van der Waals surface area contributed by atoms with Crippen molar-refractivity contribution < 1.29 is 14.6 Å². The van der Waals surface area contributed by atoms with Crippen LogP contribution < -0.4 is 5.32 Å². The van der Waals surface area contributed by atoms with E-state index in [1.54, 1.807) is 0 Å². The molecule has 3 unspecified atom stereocenters. The number of carbonyl (C=O) groups is 1. The Bertz CT molecular complexity index is 292. The van der Waals surface area contributed by atoms with Crippen LogP contribution in [0.2, 0.25) is 0 Å². The van der Waals surface area contributed by atoms with Gasteiger partial charge in [-0.15, -0.1) is 0 Å². The summed E-state index contributed by atoms with van der Waals surface area (Å²) < 4.78 is 5.24. The number of aliphatic hydroxyl groups excluding tert-OH is 1. The van der Waals surface area contributed by atoms with Crippen molar-refractivity contribution in [2.75, 3.05) is 32.8 Å². The molecule has 19 heavy (non-hydrogen) atoms. The van der Waals surface area contributed by atoms with Crippen molar-refractivity contribution in [1.29, 1.82) is 0 Å². The molecule has 0 bridgehead atoms. The van der Waals surface area contributed by atoms with Crippen molar-refractivity contribution in [2.45, 2.75) is 44.8 Å². The second-order valence-electron chi connectivity index (χ2n) is 5.76. The van der Waals surface area contributed by atoms with Gasteiger partial charge in [-0.25, -0.2) is 0 Å². The van der Waals surface area contributed by atoms with E-state index in [2.05, 4.69) is 5.32 Å². The molecule has 110 valence electrons. The SMILES string of the molecule is CC(CC(=O)N1CCOCC1)NCC1CCCC1O. The fraction of sp³-hybridized carbons (Fsp3) is 0.929. The van der Waals surface area contributed by atoms with Gasteiger partial charge in [-0.1, -0.05) is 6.42 Å². The lowest BCUT2D eigenvalue weighted by Crippen LogP contribution is -2.44. The first-order chi connectivity index (χ1) is 9.16. The van der Waals surface area contributed by atoms with Crippen molar-refractivity contribution in [3.8, 4) is 0 Å². The Morgan fingerprint density at radius 2 is 2.16 bits per heavy atom. The second kappa shape index (κ2) is 7.22. The van der Waals surface area contributed by atoms with Gasteiger partial charge in [0.05, 0.1) is 19.3 Å². The number of nitrogens with zero attached hydrogens (tertiary/aromatic N) is 1. The number of hydrogen-bond donors (Lipinski definition) is 2. The normalized spacial score (nSPS) is 29.5. The van der Waals surface area contributed by atoms with Crippen molar-refractivity contribution in [3.63, 3.8) is 0 Å². The third-order valence-electron chi connectivity index (χ3n) is 4.19. The van der Waals surface area contributed by atoms with Gasteiger partial charge in [0.1, 0.15) is 0 Å². The van der Waals surface area contributed by atoms with Crippen molar-refractivity contribution in [2.24, 2.45) is 5.92 Å². The lowest BCUT2D eigenvalue weighted by Gasteiger charge is -2.28. The number of ether oxygens (including phenoxy) is 1. The number of nitrogens with one attached hydrogen (secondary N) is 1. The van der Waals surface area contributed by atoms with Crippen LogP contribution in [0.4, 0.5) is 0 Å². The molecule has 2 rings (SSSR count). The van der Waals surface area contributed by atoms with Crippen LogP contribution in [0.15, 0.2) is 0 Å². The van der Waals surface area contributed by atoms with E-state index >= 15 is 0 Å². The molecule has 1 heterocycles. The number of aliphatic hydroxyl groups is 1. The summed E-state index contributed by atoms with van der Waals surface area (Å²) in [7, 11) is 0. The molecule has 0 radical (unpaired) electrons. The number of carbonyl (C=O) groups excluding carboxylic acids is 1. The molecule has 1 aliphatic heterocycles. The standard InChI is InChI=1S/C14H26N2O3/c1-11(15-10-12-3-2-4-13(12)17)9-14(18)16-5-7-19-8-6-16/h11-13,15,17H,2-10H2,1H3. The molecule has 5 heteroatoms. The number of hydrogen-bond acceptors (Lipinski definition) is 4. The molecular weight excluding hydrogens is 244 g/mol. The fourth-order valence-electron chi connectivity index (χ4n) is 2.88. The third kappa shape index (κ3) is 4.44. The first kappa shape index (κ1) is 14.8. The molecule has 3 atom stereocenters. The Morgan fingerprint density at radius 3 is 2.79 bits per heavy atom. The number of morpholine rings is 1. The molecule has 1 saturated carbocycles. The van der Waals surface area contributed by atoms with E-state index in [0.717, 1.165) is 25.8 Å². The van der Waals surface area contributed by atoms with Crippen LogP contribution in [-0.4, -0.2) is 60.9 Å². The van der Waals surface area contributed by atoms with Crippen LogP contribution in [0.5, 0.6) is 0 Å². The van der Waals surface area contributed by atoms with Gasteiger partial charge in [-0.3, -0.25) is 4.79 Å². The Labute approximate surface area is 115 Å². The molecule has 0 aromatic heterocycles. The molecule has 0 aromatic carbocycles. The van der Waals surface area contributed by atoms with Crippen LogP contribution in [-0.2, 0) is 9.53 Å². The molecule has 1 amide bonds. The molecular formula is C14H26N2O3. The average molecular weight is 270 g/mol. The van der Waals surface area contributed by atoms with Gasteiger partial charge in [0.15, 0.2) is 0 Å². The summed E-state index contributed by atoms with van der Waals surface area (Å²) in [4.78, 5) is 13.9. The molecule has 0 aromatic rings. The van der Waals surface area contributed by atoms with Crippen LogP contribution in [0.3, 0.4) is 0 Å². The van der Waals surface area contributed by atoms with E-state index in [1.165, 1.54) is 0 Å². The molecule has 0 spiro atoms. The number of amides is 1. The zero-order chi connectivity index (χ0) is 13.7. The fourth-order valence-corrected chi connectivity index (χ4v) is 2.88. The van der Waals surface area contributed by atoms with Gasteiger partial charge in [0.2, 0.25) is 5.91 Å². The molecule has 2 fully saturated rings. The highest BCUT2D eigenvalue weighted by molar-refractivity contribution is 5.76. The Balaban J connectivity index is 1.65. The summed E-state index contributed by atoms with van der Waals surface area (Å²) in [6, 6.07) is 0.170. The Morgan fingerprint density at radius 1 is 1.42 bits per heavy atom. The van der Waals surface area contributed by atoms with Gasteiger partial charge in [0, 0.05) is 32.1 Å². The minimum atomic E-state index is -0.158. The predicted molar refractivity (Wildman–Crippen MR) is 72.8 cm³/mol. The van der Waals surface area contributed by atoms with Crippen molar-refractivity contribution >= 4 is 5.91 Å². The molecule has 1 saturated heterocycles. The summed E-state index contributed by atoms with van der Waals surface area (Å²) in [5, 5.41) is 13.1. The average Bonchev–Trinajstić information content (AvgIpc) is 2.83. The van der Waals surface area contributed by atoms with Gasteiger partial charge >= 0.3 is 0 Å². The summed E-state index contributed by atoms with van der Waals surface area (Å²) in [5.74, 6) is 0.566. The minimum absolute atomic E-state index is 0.158. The Kier molecular flexibility index (Phi) is 5.60. The second-order valence-corrected chi connectivity index (χ2v) is 5.76.